The zero-order valence-corrected chi connectivity index (χ0v) is 21.0. The maximum Gasteiger partial charge on any atom is 0.416 e. The first-order valence-electron chi connectivity index (χ1n) is 10.9. The molecule has 0 atom stereocenters. The smallest absolute Gasteiger partial charge is 0.279 e. The van der Waals surface area contributed by atoms with Crippen LogP contribution in [0.15, 0.2) is 77.4 Å². The Labute approximate surface area is 222 Å². The Balaban J connectivity index is 1.48. The highest BCUT2D eigenvalue weighted by atomic mass is 32.2. The lowest BCUT2D eigenvalue weighted by Crippen LogP contribution is -2.11. The second-order valence-electron chi connectivity index (χ2n) is 7.95. The first-order chi connectivity index (χ1) is 18.5. The van der Waals surface area contributed by atoms with Crippen LogP contribution >= 0.6 is 11.3 Å². The van der Waals surface area contributed by atoms with Crippen LogP contribution in [0.4, 0.5) is 27.6 Å². The highest BCUT2D eigenvalue weighted by molar-refractivity contribution is 7.94. The lowest BCUT2D eigenvalue weighted by atomic mass is 10.1. The van der Waals surface area contributed by atoms with E-state index in [0.29, 0.717) is 10.6 Å². The summed E-state index contributed by atoms with van der Waals surface area (Å²) < 4.78 is 95.0. The lowest BCUT2D eigenvalue weighted by Gasteiger charge is -2.10. The molecule has 0 amide bonds. The second kappa shape index (κ2) is 10.1. The van der Waals surface area contributed by atoms with Gasteiger partial charge in [0.1, 0.15) is 9.90 Å². The largest absolute Gasteiger partial charge is 0.416 e. The van der Waals surface area contributed by atoms with E-state index < -0.39 is 33.9 Å². The lowest BCUT2D eigenvalue weighted by molar-refractivity contribution is -0.137. The highest BCUT2D eigenvalue weighted by Crippen LogP contribution is 2.32. The molecule has 0 bridgehead atoms. The van der Waals surface area contributed by atoms with Gasteiger partial charge in [0, 0.05) is 18.0 Å². The molecule has 198 valence electrons. The predicted molar refractivity (Wildman–Crippen MR) is 134 cm³/mol. The summed E-state index contributed by atoms with van der Waals surface area (Å²) >= 11 is 0.898. The quantitative estimate of drug-likeness (QED) is 0.205. The molecule has 0 aliphatic heterocycles. The van der Waals surface area contributed by atoms with Crippen molar-refractivity contribution in [3.8, 4) is 23.1 Å². The molecule has 5 aromatic rings. The number of fused-ring (bicyclic) bond motifs is 1. The van der Waals surface area contributed by atoms with Gasteiger partial charge in [-0.2, -0.15) is 18.3 Å². The molecule has 0 fully saturated rings. The molecule has 4 aromatic heterocycles. The van der Waals surface area contributed by atoms with Crippen molar-refractivity contribution in [1.29, 1.82) is 0 Å². The van der Waals surface area contributed by atoms with E-state index in [-0.39, 0.29) is 26.7 Å². The number of thiophene rings is 1. The number of anilines is 1. The number of benzene rings is 1. The van der Waals surface area contributed by atoms with Crippen molar-refractivity contribution in [1.82, 2.24) is 19.6 Å². The molecule has 4 heterocycles. The number of rotatable bonds is 5. The van der Waals surface area contributed by atoms with Crippen LogP contribution in [0.3, 0.4) is 0 Å². The standard InChI is InChI=1S/C25H14F5N5O2S2/c26-23(27)21-13-20(15-1-4-17(5-2-15)25(28,29)30)33-24-16(14-32-35(21)24)3-6-19-7-8-22(38-19)39(36,37)34-18-9-11-31-12-10-18/h1-2,4-5,7-14,23H,(H,31,34). The Morgan fingerprint density at radius 1 is 0.974 bits per heavy atom. The Morgan fingerprint density at radius 3 is 2.36 bits per heavy atom. The highest BCUT2D eigenvalue weighted by Gasteiger charge is 2.30. The molecular weight excluding hydrogens is 561 g/mol. The minimum Gasteiger partial charge on any atom is -0.279 e. The predicted octanol–water partition coefficient (Wildman–Crippen LogP) is 6.01. The summed E-state index contributed by atoms with van der Waals surface area (Å²) in [5, 5.41) is 3.94. The average Bonchev–Trinajstić information content (AvgIpc) is 3.54. The van der Waals surface area contributed by atoms with Crippen LogP contribution in [-0.2, 0) is 16.2 Å². The Kier molecular flexibility index (Phi) is 6.79. The first-order valence-corrected chi connectivity index (χ1v) is 13.2. The molecular formula is C25H14F5N5O2S2. The van der Waals surface area contributed by atoms with Crippen molar-refractivity contribution in [2.75, 3.05) is 4.72 Å². The Bertz CT molecular complexity index is 1820. The summed E-state index contributed by atoms with van der Waals surface area (Å²) in [5.41, 5.74) is -0.719. The van der Waals surface area contributed by atoms with Crippen molar-refractivity contribution >= 4 is 32.7 Å². The molecule has 0 radical (unpaired) electrons. The van der Waals surface area contributed by atoms with Crippen molar-refractivity contribution in [3.63, 3.8) is 0 Å². The summed E-state index contributed by atoms with van der Waals surface area (Å²) in [7, 11) is -3.87. The van der Waals surface area contributed by atoms with Gasteiger partial charge in [-0.25, -0.2) is 26.7 Å². The van der Waals surface area contributed by atoms with Crippen LogP contribution in [0.25, 0.3) is 16.9 Å². The topological polar surface area (TPSA) is 89.2 Å². The van der Waals surface area contributed by atoms with Crippen LogP contribution in [-0.4, -0.2) is 28.0 Å². The number of pyridine rings is 1. The number of halogens is 5. The van der Waals surface area contributed by atoms with Crippen LogP contribution in [0, 0.1) is 11.8 Å². The fraction of sp³-hybridized carbons (Fsp3) is 0.0800. The van der Waals surface area contributed by atoms with E-state index in [9.17, 15) is 30.4 Å². The fourth-order valence-electron chi connectivity index (χ4n) is 3.49. The molecule has 39 heavy (non-hydrogen) atoms. The Morgan fingerprint density at radius 2 is 1.69 bits per heavy atom. The number of alkyl halides is 5. The van der Waals surface area contributed by atoms with Crippen LogP contribution in [0.1, 0.15) is 28.1 Å². The van der Waals surface area contributed by atoms with E-state index in [1.807, 2.05) is 0 Å². The third-order valence-electron chi connectivity index (χ3n) is 5.33. The van der Waals surface area contributed by atoms with Crippen molar-refractivity contribution in [2.24, 2.45) is 0 Å². The van der Waals surface area contributed by atoms with E-state index >= 15 is 0 Å². The van der Waals surface area contributed by atoms with Gasteiger partial charge in [-0.1, -0.05) is 24.0 Å². The minimum absolute atomic E-state index is 0.00572. The van der Waals surface area contributed by atoms with E-state index in [4.69, 9.17) is 0 Å². The number of hydrogen-bond acceptors (Lipinski definition) is 6. The molecule has 0 spiro atoms. The molecule has 14 heteroatoms. The maximum absolute atomic E-state index is 13.8. The summed E-state index contributed by atoms with van der Waals surface area (Å²) in [6.07, 6.45) is -3.39. The summed E-state index contributed by atoms with van der Waals surface area (Å²) in [4.78, 5) is 8.52. The number of nitrogens with zero attached hydrogens (tertiary/aromatic N) is 4. The van der Waals surface area contributed by atoms with Crippen LogP contribution in [0.2, 0.25) is 0 Å². The third kappa shape index (κ3) is 5.59. The van der Waals surface area contributed by atoms with Crippen LogP contribution in [0.5, 0.6) is 0 Å². The van der Waals surface area contributed by atoms with E-state index in [1.54, 1.807) is 0 Å². The van der Waals surface area contributed by atoms with Gasteiger partial charge in [0.2, 0.25) is 0 Å². The SMILES string of the molecule is O=S(=O)(Nc1ccncc1)c1ccc(C#Cc2cnn3c(C(F)F)cc(-c4ccc(C(F)(F)F)cc4)nc23)s1. The summed E-state index contributed by atoms with van der Waals surface area (Å²) in [6.45, 7) is 0. The van der Waals surface area contributed by atoms with Gasteiger partial charge in [-0.15, -0.1) is 11.3 Å². The van der Waals surface area contributed by atoms with Gasteiger partial charge in [0.05, 0.1) is 33.6 Å². The van der Waals surface area contributed by atoms with Crippen molar-refractivity contribution in [3.05, 3.63) is 94.9 Å². The van der Waals surface area contributed by atoms with Gasteiger partial charge in [-0.3, -0.25) is 9.71 Å². The zero-order chi connectivity index (χ0) is 27.8. The fourth-order valence-corrected chi connectivity index (χ4v) is 5.71. The molecule has 0 saturated heterocycles. The molecule has 0 unspecified atom stereocenters. The van der Waals surface area contributed by atoms with Crippen molar-refractivity contribution in [2.45, 2.75) is 16.8 Å². The van der Waals surface area contributed by atoms with E-state index in [2.05, 4.69) is 31.6 Å². The normalized spacial score (nSPS) is 11.9. The van der Waals surface area contributed by atoms with Gasteiger partial charge >= 0.3 is 6.18 Å². The third-order valence-corrected chi connectivity index (χ3v) is 8.20. The molecule has 5 rings (SSSR count). The van der Waals surface area contributed by atoms with Crippen LogP contribution < -0.4 is 4.72 Å². The first kappa shape index (κ1) is 26.3. The van der Waals surface area contributed by atoms with Gasteiger partial charge in [-0.05, 0) is 42.5 Å². The summed E-state index contributed by atoms with van der Waals surface area (Å²) in [5.74, 6) is 5.56. The molecule has 0 saturated carbocycles. The number of aromatic nitrogens is 4. The van der Waals surface area contributed by atoms with Gasteiger partial charge < -0.3 is 0 Å². The average molecular weight is 576 g/mol. The Hall–Kier alpha value is -4.35. The maximum atomic E-state index is 13.8. The van der Waals surface area contributed by atoms with Gasteiger partial charge in [0.15, 0.2) is 5.65 Å². The minimum atomic E-state index is -4.55. The van der Waals surface area contributed by atoms with E-state index in [1.165, 1.54) is 42.9 Å². The monoisotopic (exact) mass is 575 g/mol. The summed E-state index contributed by atoms with van der Waals surface area (Å²) in [6, 6.07) is 10.9. The number of hydrogen-bond donors (Lipinski definition) is 1. The molecule has 1 aromatic carbocycles. The van der Waals surface area contributed by atoms with Gasteiger partial charge in [0.25, 0.3) is 16.4 Å². The molecule has 7 nitrogen and oxygen atoms in total. The number of nitrogens with one attached hydrogen (secondary N) is 1. The molecule has 0 aliphatic carbocycles. The zero-order valence-electron chi connectivity index (χ0n) is 19.3. The van der Waals surface area contributed by atoms with E-state index in [0.717, 1.165) is 46.2 Å². The number of sulfonamides is 1. The molecule has 1 N–H and O–H groups in total. The molecule has 0 aliphatic rings. The second-order valence-corrected chi connectivity index (χ2v) is 10.9. The van der Waals surface area contributed by atoms with Crippen molar-refractivity contribution < 1.29 is 30.4 Å².